The van der Waals surface area contributed by atoms with Crippen LogP contribution in [0.1, 0.15) is 74.3 Å². The summed E-state index contributed by atoms with van der Waals surface area (Å²) in [6, 6.07) is 4.59. The molecule has 0 aliphatic carbocycles. The minimum Gasteiger partial charge on any atom is -0.390 e. The third-order valence-electron chi connectivity index (χ3n) is 7.81. The SMILES string of the molecule is Cc1cc(F)ccc1[C@@H]1CN(C(=O)CC(C)(C)O)CC[C@@H]1N(C)C(=O)C(C)(C)c1cc(C(F)(F)F)cc(C(F)(F)F)c1. The summed E-state index contributed by atoms with van der Waals surface area (Å²) in [5, 5.41) is 10.1. The van der Waals surface area contributed by atoms with E-state index in [-0.39, 0.29) is 37.9 Å². The topological polar surface area (TPSA) is 60.9 Å². The zero-order valence-corrected chi connectivity index (χ0v) is 24.3. The molecule has 2 aromatic rings. The van der Waals surface area contributed by atoms with Crippen molar-refractivity contribution in [2.24, 2.45) is 0 Å². The Morgan fingerprint density at radius 2 is 1.45 bits per heavy atom. The molecule has 1 aliphatic heterocycles. The molecule has 2 amide bonds. The molecule has 12 heteroatoms. The average molecular weight is 605 g/mol. The van der Waals surface area contributed by atoms with Crippen molar-refractivity contribution in [2.45, 2.75) is 82.8 Å². The molecule has 0 saturated carbocycles. The van der Waals surface area contributed by atoms with Crippen LogP contribution in [-0.2, 0) is 27.4 Å². The first-order chi connectivity index (χ1) is 19.0. The van der Waals surface area contributed by atoms with E-state index in [1.54, 1.807) is 6.92 Å². The van der Waals surface area contributed by atoms with Gasteiger partial charge < -0.3 is 14.9 Å². The zero-order valence-electron chi connectivity index (χ0n) is 24.3. The maximum atomic E-state index is 13.9. The van der Waals surface area contributed by atoms with Gasteiger partial charge in [0.15, 0.2) is 0 Å². The number of rotatable bonds is 6. The van der Waals surface area contributed by atoms with Crippen LogP contribution in [0.2, 0.25) is 0 Å². The lowest BCUT2D eigenvalue weighted by molar-refractivity contribution is -0.145. The van der Waals surface area contributed by atoms with Gasteiger partial charge >= 0.3 is 12.4 Å². The van der Waals surface area contributed by atoms with E-state index in [0.717, 1.165) is 0 Å². The molecule has 0 radical (unpaired) electrons. The van der Waals surface area contributed by atoms with Gasteiger partial charge in [-0.3, -0.25) is 9.59 Å². The van der Waals surface area contributed by atoms with E-state index in [9.17, 15) is 45.4 Å². The van der Waals surface area contributed by atoms with Gasteiger partial charge in [0.05, 0.1) is 28.6 Å². The highest BCUT2D eigenvalue weighted by molar-refractivity contribution is 5.88. The summed E-state index contributed by atoms with van der Waals surface area (Å²) in [5.41, 5.74) is -5.37. The molecule has 0 bridgehead atoms. The number of piperidine rings is 1. The number of hydrogen-bond donors (Lipinski definition) is 1. The van der Waals surface area contributed by atoms with Crippen LogP contribution < -0.4 is 0 Å². The van der Waals surface area contributed by atoms with E-state index in [2.05, 4.69) is 0 Å². The van der Waals surface area contributed by atoms with Crippen LogP contribution >= 0.6 is 0 Å². The van der Waals surface area contributed by atoms with Crippen LogP contribution in [0, 0.1) is 12.7 Å². The van der Waals surface area contributed by atoms with Crippen LogP contribution in [0.15, 0.2) is 36.4 Å². The Kier molecular flexibility index (Phi) is 9.13. The second-order valence-corrected chi connectivity index (χ2v) is 12.1. The average Bonchev–Trinajstić information content (AvgIpc) is 2.85. The van der Waals surface area contributed by atoms with Gasteiger partial charge in [0.25, 0.3) is 0 Å². The molecule has 2 atom stereocenters. The van der Waals surface area contributed by atoms with Gasteiger partial charge in [0, 0.05) is 32.1 Å². The van der Waals surface area contributed by atoms with E-state index >= 15 is 0 Å². The van der Waals surface area contributed by atoms with Gasteiger partial charge in [-0.15, -0.1) is 0 Å². The molecule has 42 heavy (non-hydrogen) atoms. The Labute approximate surface area is 240 Å². The normalized spacial score (nSPS) is 18.7. The number of benzene rings is 2. The van der Waals surface area contributed by atoms with Gasteiger partial charge in [-0.25, -0.2) is 4.39 Å². The second-order valence-electron chi connectivity index (χ2n) is 12.1. The molecule has 1 heterocycles. The van der Waals surface area contributed by atoms with Crippen molar-refractivity contribution in [3.05, 3.63) is 70.0 Å². The maximum Gasteiger partial charge on any atom is 0.416 e. The first-order valence-electron chi connectivity index (χ1n) is 13.4. The summed E-state index contributed by atoms with van der Waals surface area (Å²) in [5.74, 6) is -2.10. The van der Waals surface area contributed by atoms with E-state index in [4.69, 9.17) is 0 Å². The van der Waals surface area contributed by atoms with Crippen LogP contribution in [0.3, 0.4) is 0 Å². The van der Waals surface area contributed by atoms with Crippen molar-refractivity contribution in [3.63, 3.8) is 0 Å². The summed E-state index contributed by atoms with van der Waals surface area (Å²) < 4.78 is 95.2. The number of carbonyl (C=O) groups excluding carboxylic acids is 2. The lowest BCUT2D eigenvalue weighted by Crippen LogP contribution is -2.55. The summed E-state index contributed by atoms with van der Waals surface area (Å²) in [6.45, 7) is 7.48. The number of carbonyl (C=O) groups is 2. The molecule has 0 aromatic heterocycles. The van der Waals surface area contributed by atoms with Crippen molar-refractivity contribution >= 4 is 11.8 Å². The Bertz CT molecular complexity index is 1300. The number of amides is 2. The molecular formula is C30H35F7N2O3. The quantitative estimate of drug-likeness (QED) is 0.386. The van der Waals surface area contributed by atoms with E-state index in [1.807, 2.05) is 0 Å². The second kappa shape index (κ2) is 11.5. The smallest absolute Gasteiger partial charge is 0.390 e. The third kappa shape index (κ3) is 7.43. The van der Waals surface area contributed by atoms with Gasteiger partial charge in [0.1, 0.15) is 5.82 Å². The fourth-order valence-corrected chi connectivity index (χ4v) is 5.50. The number of aliphatic hydroxyl groups is 1. The minimum atomic E-state index is -5.07. The number of alkyl halides is 6. The molecule has 1 N–H and O–H groups in total. The van der Waals surface area contributed by atoms with Crippen LogP contribution in [0.4, 0.5) is 30.7 Å². The summed E-state index contributed by atoms with van der Waals surface area (Å²) in [4.78, 5) is 29.7. The molecule has 1 fully saturated rings. The lowest BCUT2D eigenvalue weighted by Gasteiger charge is -2.45. The lowest BCUT2D eigenvalue weighted by atomic mass is 9.78. The molecule has 5 nitrogen and oxygen atoms in total. The Morgan fingerprint density at radius 3 is 1.93 bits per heavy atom. The number of halogens is 7. The van der Waals surface area contributed by atoms with Crippen molar-refractivity contribution in [3.8, 4) is 0 Å². The van der Waals surface area contributed by atoms with E-state index in [1.165, 1.54) is 62.7 Å². The minimum absolute atomic E-state index is 0.0154. The fourth-order valence-electron chi connectivity index (χ4n) is 5.50. The molecular weight excluding hydrogens is 569 g/mol. The van der Waals surface area contributed by atoms with Gasteiger partial charge in [-0.1, -0.05) is 6.07 Å². The standard InChI is InChI=1S/C30H35F7N2O3/c1-17-11-21(31)7-8-22(17)23-16-39(25(40)15-27(2,3)42)10-9-24(23)38(6)26(41)28(4,5)18-12-19(29(32,33)34)14-20(13-18)30(35,36)37/h7-8,11-14,23-24,42H,9-10,15-16H2,1-6H3/t23-,24-/m0/s1. The highest BCUT2D eigenvalue weighted by atomic mass is 19.4. The van der Waals surface area contributed by atoms with Crippen LogP contribution in [0.25, 0.3) is 0 Å². The van der Waals surface area contributed by atoms with Crippen molar-refractivity contribution in [2.75, 3.05) is 20.1 Å². The van der Waals surface area contributed by atoms with Crippen molar-refractivity contribution in [1.29, 1.82) is 0 Å². The predicted molar refractivity (Wildman–Crippen MR) is 142 cm³/mol. The fraction of sp³-hybridized carbons (Fsp3) is 0.533. The van der Waals surface area contributed by atoms with Gasteiger partial charge in [0.2, 0.25) is 11.8 Å². The third-order valence-corrected chi connectivity index (χ3v) is 7.81. The molecule has 1 aliphatic rings. The molecule has 2 aromatic carbocycles. The van der Waals surface area contributed by atoms with Crippen LogP contribution in [-0.4, -0.2) is 58.5 Å². The van der Waals surface area contributed by atoms with Crippen molar-refractivity contribution < 1.29 is 45.4 Å². The number of likely N-dealkylation sites (tertiary alicyclic amines) is 1. The van der Waals surface area contributed by atoms with Crippen LogP contribution in [0.5, 0.6) is 0 Å². The number of likely N-dealkylation sites (N-methyl/N-ethyl adjacent to an activating group) is 1. The van der Waals surface area contributed by atoms with E-state index in [0.29, 0.717) is 23.3 Å². The highest BCUT2D eigenvalue weighted by Gasteiger charge is 2.44. The molecule has 0 unspecified atom stereocenters. The van der Waals surface area contributed by atoms with Gasteiger partial charge in [-0.2, -0.15) is 26.3 Å². The number of hydrogen-bond acceptors (Lipinski definition) is 3. The highest BCUT2D eigenvalue weighted by Crippen LogP contribution is 2.41. The maximum absolute atomic E-state index is 13.9. The molecule has 0 spiro atoms. The molecule has 232 valence electrons. The molecule has 3 rings (SSSR count). The molecule has 1 saturated heterocycles. The first kappa shape index (κ1) is 33.4. The Hall–Kier alpha value is -3.15. The summed E-state index contributed by atoms with van der Waals surface area (Å²) in [6.07, 6.45) is -10.1. The number of aryl methyl sites for hydroxylation is 1. The predicted octanol–water partition coefficient (Wildman–Crippen LogP) is 6.45. The Morgan fingerprint density at radius 1 is 0.929 bits per heavy atom. The first-order valence-corrected chi connectivity index (χ1v) is 13.4. The summed E-state index contributed by atoms with van der Waals surface area (Å²) in [7, 11) is 1.42. The van der Waals surface area contributed by atoms with Crippen molar-refractivity contribution in [1.82, 2.24) is 9.80 Å². The summed E-state index contributed by atoms with van der Waals surface area (Å²) >= 11 is 0. The number of nitrogens with zero attached hydrogens (tertiary/aromatic N) is 2. The Balaban J connectivity index is 2.03. The van der Waals surface area contributed by atoms with E-state index < -0.39 is 63.7 Å². The zero-order chi connectivity index (χ0) is 32.0. The monoisotopic (exact) mass is 604 g/mol. The van der Waals surface area contributed by atoms with Gasteiger partial charge in [-0.05, 0) is 88.1 Å². The largest absolute Gasteiger partial charge is 0.416 e.